The van der Waals surface area contributed by atoms with Crippen molar-refractivity contribution in [3.05, 3.63) is 35.4 Å². The van der Waals surface area contributed by atoms with Gasteiger partial charge >= 0.3 is 18.3 Å². The fourth-order valence-corrected chi connectivity index (χ4v) is 1.40. The summed E-state index contributed by atoms with van der Waals surface area (Å²) in [6, 6.07) is -0.485. The summed E-state index contributed by atoms with van der Waals surface area (Å²) < 4.78 is 99.7. The molecule has 1 aromatic rings. The minimum absolute atomic E-state index is 0.391. The lowest BCUT2D eigenvalue weighted by atomic mass is 9.95. The molecule has 2 N–H and O–H groups in total. The number of nitrogens with two attached hydrogens (primary N) is 1. The van der Waals surface area contributed by atoms with Gasteiger partial charge in [0, 0.05) is 0 Å². The molecule has 0 saturated heterocycles. The molecule has 1 atom stereocenters. The predicted octanol–water partition coefficient (Wildman–Crippen LogP) is 3.90. The molecule has 1 nitrogen and oxygen atoms in total. The van der Waals surface area contributed by atoms with Gasteiger partial charge in [-0.2, -0.15) is 35.1 Å². The quantitative estimate of drug-likeness (QED) is 0.822. The topological polar surface area (TPSA) is 26.0 Å². The maximum atomic E-state index is 13.0. The molecule has 0 bridgehead atoms. The van der Waals surface area contributed by atoms with E-state index in [9.17, 15) is 35.1 Å². The van der Waals surface area contributed by atoms with Crippen molar-refractivity contribution in [3.8, 4) is 0 Å². The summed E-state index contributed by atoms with van der Waals surface area (Å²) in [6.45, 7) is 0. The van der Waals surface area contributed by atoms with E-state index in [0.29, 0.717) is 12.1 Å². The summed E-state index contributed by atoms with van der Waals surface area (Å²) >= 11 is 0. The van der Waals surface area contributed by atoms with E-state index in [1.165, 1.54) is 0 Å². The van der Waals surface area contributed by atoms with Crippen molar-refractivity contribution >= 4 is 0 Å². The van der Waals surface area contributed by atoms with Crippen LogP contribution >= 0.6 is 0 Å². The lowest BCUT2D eigenvalue weighted by Crippen LogP contribution is -2.46. The number of alkyl halides is 8. The Balaban J connectivity index is 3.32. The van der Waals surface area contributed by atoms with Crippen LogP contribution in [-0.2, 0) is 6.18 Å². The highest BCUT2D eigenvalue weighted by Crippen LogP contribution is 2.45. The summed E-state index contributed by atoms with van der Waals surface area (Å²) in [5, 5.41) is 0. The fraction of sp³-hybridized carbons (Fsp3) is 0.400. The second-order valence-electron chi connectivity index (χ2n) is 3.68. The Morgan fingerprint density at radius 1 is 0.842 bits per heavy atom. The molecule has 0 fully saturated rings. The van der Waals surface area contributed by atoms with Crippen LogP contribution in [0.1, 0.15) is 17.2 Å². The van der Waals surface area contributed by atoms with Crippen LogP contribution in [0.2, 0.25) is 0 Å². The Labute approximate surface area is 102 Å². The molecule has 0 aromatic heterocycles. The van der Waals surface area contributed by atoms with Gasteiger partial charge in [-0.1, -0.05) is 18.2 Å². The van der Waals surface area contributed by atoms with Gasteiger partial charge in [0.15, 0.2) is 0 Å². The van der Waals surface area contributed by atoms with Crippen molar-refractivity contribution in [3.63, 3.8) is 0 Å². The highest BCUT2D eigenvalue weighted by atomic mass is 19.4. The predicted molar refractivity (Wildman–Crippen MR) is 49.4 cm³/mol. The molecule has 0 aliphatic carbocycles. The highest BCUT2D eigenvalue weighted by Gasteiger charge is 2.62. The van der Waals surface area contributed by atoms with Gasteiger partial charge in [-0.3, -0.25) is 0 Å². The lowest BCUT2D eigenvalue weighted by Gasteiger charge is -2.27. The Bertz CT molecular complexity index is 448. The van der Waals surface area contributed by atoms with Crippen molar-refractivity contribution in [1.82, 2.24) is 0 Å². The number of hydrogen-bond acceptors (Lipinski definition) is 1. The molecule has 108 valence electrons. The normalized spacial score (nSPS) is 15.4. The molecule has 1 aromatic carbocycles. The van der Waals surface area contributed by atoms with E-state index in [-0.39, 0.29) is 0 Å². The van der Waals surface area contributed by atoms with Crippen molar-refractivity contribution in [1.29, 1.82) is 0 Å². The van der Waals surface area contributed by atoms with Crippen LogP contribution in [0.5, 0.6) is 0 Å². The van der Waals surface area contributed by atoms with Gasteiger partial charge in [0.05, 0.1) is 5.56 Å². The van der Waals surface area contributed by atoms with Crippen LogP contribution in [0.4, 0.5) is 35.1 Å². The summed E-state index contributed by atoms with van der Waals surface area (Å²) in [5.74, 6) is -5.46. The molecule has 0 aliphatic rings. The Morgan fingerprint density at radius 3 is 1.74 bits per heavy atom. The number of rotatable bonds is 2. The molecule has 0 radical (unpaired) electrons. The first-order valence-electron chi connectivity index (χ1n) is 4.75. The van der Waals surface area contributed by atoms with Crippen LogP contribution in [0.25, 0.3) is 0 Å². The van der Waals surface area contributed by atoms with Crippen LogP contribution in [0.15, 0.2) is 24.3 Å². The minimum Gasteiger partial charge on any atom is -0.319 e. The number of halogens is 8. The maximum Gasteiger partial charge on any atom is 0.455 e. The van der Waals surface area contributed by atoms with Gasteiger partial charge in [-0.25, -0.2) is 0 Å². The number of benzene rings is 1. The first kappa shape index (κ1) is 15.7. The Kier molecular flexibility index (Phi) is 3.81. The highest BCUT2D eigenvalue weighted by molar-refractivity contribution is 5.33. The smallest absolute Gasteiger partial charge is 0.319 e. The Hall–Kier alpha value is -1.38. The third kappa shape index (κ3) is 2.96. The standard InChI is InChI=1S/C10H7F8N/c11-8(12,10(16,17)18)7(19)5-3-1-2-4-6(5)9(13,14)15/h1-4,7H,19H2/t7-/m0/s1. The van der Waals surface area contributed by atoms with E-state index in [1.54, 1.807) is 0 Å². The van der Waals surface area contributed by atoms with E-state index in [2.05, 4.69) is 5.73 Å². The van der Waals surface area contributed by atoms with E-state index in [1.807, 2.05) is 0 Å². The summed E-state index contributed by atoms with van der Waals surface area (Å²) in [6.07, 6.45) is -11.1. The van der Waals surface area contributed by atoms with Crippen LogP contribution in [-0.4, -0.2) is 12.1 Å². The minimum atomic E-state index is -6.04. The van der Waals surface area contributed by atoms with Gasteiger partial charge < -0.3 is 5.73 Å². The molecule has 0 heterocycles. The van der Waals surface area contributed by atoms with Crippen LogP contribution < -0.4 is 5.73 Å². The molecule has 0 spiro atoms. The SMILES string of the molecule is N[C@@H](c1ccccc1C(F)(F)F)C(F)(F)C(F)(F)F. The maximum absolute atomic E-state index is 13.0. The van der Waals surface area contributed by atoms with E-state index >= 15 is 0 Å². The summed E-state index contributed by atoms with van der Waals surface area (Å²) in [4.78, 5) is 0. The second kappa shape index (κ2) is 4.62. The van der Waals surface area contributed by atoms with Gasteiger partial charge in [0.25, 0.3) is 0 Å². The molecular weight excluding hydrogens is 286 g/mol. The monoisotopic (exact) mass is 293 g/mol. The Morgan fingerprint density at radius 2 is 1.32 bits per heavy atom. The number of hydrogen-bond donors (Lipinski definition) is 1. The molecular formula is C10H7F8N. The van der Waals surface area contributed by atoms with E-state index in [4.69, 9.17) is 0 Å². The third-order valence-corrected chi connectivity index (χ3v) is 2.37. The molecule has 0 saturated carbocycles. The van der Waals surface area contributed by atoms with Gasteiger partial charge in [-0.15, -0.1) is 0 Å². The van der Waals surface area contributed by atoms with Crippen LogP contribution in [0.3, 0.4) is 0 Å². The van der Waals surface area contributed by atoms with Crippen molar-refractivity contribution in [2.24, 2.45) is 5.73 Å². The summed E-state index contributed by atoms with van der Waals surface area (Å²) in [7, 11) is 0. The molecule has 1 rings (SSSR count). The molecule has 0 amide bonds. The average molecular weight is 293 g/mol. The molecule has 0 aliphatic heterocycles. The zero-order valence-electron chi connectivity index (χ0n) is 8.99. The third-order valence-electron chi connectivity index (χ3n) is 2.37. The van der Waals surface area contributed by atoms with E-state index in [0.717, 1.165) is 12.1 Å². The van der Waals surface area contributed by atoms with Gasteiger partial charge in [-0.05, 0) is 11.6 Å². The second-order valence-corrected chi connectivity index (χ2v) is 3.68. The lowest BCUT2D eigenvalue weighted by molar-refractivity contribution is -0.291. The molecule has 19 heavy (non-hydrogen) atoms. The average Bonchev–Trinajstić information content (AvgIpc) is 2.25. The summed E-state index contributed by atoms with van der Waals surface area (Å²) in [5.41, 5.74) is 1.76. The van der Waals surface area contributed by atoms with Crippen LogP contribution in [0, 0.1) is 0 Å². The largest absolute Gasteiger partial charge is 0.455 e. The first-order chi connectivity index (χ1) is 8.39. The van der Waals surface area contributed by atoms with Crippen molar-refractivity contribution < 1.29 is 35.1 Å². The molecule has 0 unspecified atom stereocenters. The van der Waals surface area contributed by atoms with Crippen molar-refractivity contribution in [2.45, 2.75) is 24.3 Å². The van der Waals surface area contributed by atoms with E-state index < -0.39 is 35.4 Å². The fourth-order valence-electron chi connectivity index (χ4n) is 1.40. The van der Waals surface area contributed by atoms with Crippen molar-refractivity contribution in [2.75, 3.05) is 0 Å². The van der Waals surface area contributed by atoms with Gasteiger partial charge in [0.1, 0.15) is 6.04 Å². The zero-order valence-corrected chi connectivity index (χ0v) is 8.99. The first-order valence-corrected chi connectivity index (χ1v) is 4.75. The van der Waals surface area contributed by atoms with Gasteiger partial charge in [0.2, 0.25) is 0 Å². The zero-order chi connectivity index (χ0) is 15.1. The molecule has 9 heteroatoms.